The monoisotopic (exact) mass is 349 g/mol. The fourth-order valence-electron chi connectivity index (χ4n) is 1.37. The number of hydrogen-bond acceptors (Lipinski definition) is 2. The van der Waals surface area contributed by atoms with Crippen LogP contribution in [-0.4, -0.2) is 19.5 Å². The van der Waals surface area contributed by atoms with Gasteiger partial charge in [-0.05, 0) is 28.1 Å². The van der Waals surface area contributed by atoms with Crippen molar-refractivity contribution in [2.75, 3.05) is 7.11 Å². The predicted octanol–water partition coefficient (Wildman–Crippen LogP) is 4.01. The van der Waals surface area contributed by atoms with Crippen LogP contribution >= 0.6 is 27.5 Å². The number of hydrogen-bond donors (Lipinski definition) is 1. The molecule has 0 aromatic heterocycles. The molecule has 1 rings (SSSR count). The smallest absolute Gasteiger partial charge is 0.326 e. The largest absolute Gasteiger partial charge is 0.495 e. The van der Waals surface area contributed by atoms with Crippen LogP contribution in [0.4, 0.5) is 17.6 Å². The van der Waals surface area contributed by atoms with Crippen LogP contribution in [0.2, 0.25) is 5.02 Å². The second kappa shape index (κ2) is 5.63. The summed E-state index contributed by atoms with van der Waals surface area (Å²) < 4.78 is 56.1. The van der Waals surface area contributed by atoms with E-state index in [0.29, 0.717) is 0 Å². The molecule has 0 radical (unpaired) electrons. The lowest BCUT2D eigenvalue weighted by Crippen LogP contribution is -2.39. The summed E-state index contributed by atoms with van der Waals surface area (Å²) in [7, 11) is 1.21. The van der Waals surface area contributed by atoms with E-state index in [1.165, 1.54) is 13.2 Å². The molecule has 0 spiro atoms. The molecule has 1 atom stereocenters. The van der Waals surface area contributed by atoms with E-state index in [0.717, 1.165) is 6.07 Å². The van der Waals surface area contributed by atoms with E-state index in [4.69, 9.17) is 22.1 Å². The maximum atomic E-state index is 13.2. The summed E-state index contributed by atoms with van der Waals surface area (Å²) in [6.45, 7) is 0. The molecule has 1 aromatic carbocycles. The molecule has 0 saturated heterocycles. The highest BCUT2D eigenvalue weighted by Gasteiger charge is 2.48. The summed E-state index contributed by atoms with van der Waals surface area (Å²) in [5, 5.41) is 0.0817. The third kappa shape index (κ3) is 2.89. The maximum absolute atomic E-state index is 13.2. The van der Waals surface area contributed by atoms with Gasteiger partial charge in [-0.15, -0.1) is 0 Å². The minimum Gasteiger partial charge on any atom is -0.495 e. The van der Waals surface area contributed by atoms with Crippen LogP contribution in [0.15, 0.2) is 16.6 Å². The number of halogens is 6. The molecular formula is C10H9BrClF4NO. The second-order valence-electron chi connectivity index (χ2n) is 3.46. The first-order valence-corrected chi connectivity index (χ1v) is 5.83. The van der Waals surface area contributed by atoms with Crippen molar-refractivity contribution < 1.29 is 22.3 Å². The molecule has 0 aliphatic carbocycles. The number of methoxy groups -OCH3 is 1. The zero-order valence-electron chi connectivity index (χ0n) is 9.06. The molecule has 0 bridgehead atoms. The zero-order chi connectivity index (χ0) is 14.1. The molecule has 8 heteroatoms. The quantitative estimate of drug-likeness (QED) is 0.833. The predicted molar refractivity (Wildman–Crippen MR) is 63.6 cm³/mol. The number of alkyl halides is 4. The van der Waals surface area contributed by atoms with Gasteiger partial charge < -0.3 is 10.5 Å². The molecule has 2 N–H and O–H groups in total. The highest BCUT2D eigenvalue weighted by molar-refractivity contribution is 9.10. The van der Waals surface area contributed by atoms with E-state index in [1.807, 2.05) is 0 Å². The normalized spacial score (nSPS) is 13.8. The van der Waals surface area contributed by atoms with Crippen molar-refractivity contribution in [2.45, 2.75) is 18.4 Å². The summed E-state index contributed by atoms with van der Waals surface area (Å²) in [5.41, 5.74) is 4.91. The first kappa shape index (κ1) is 15.5. The van der Waals surface area contributed by atoms with Gasteiger partial charge in [-0.25, -0.2) is 8.78 Å². The van der Waals surface area contributed by atoms with Crippen molar-refractivity contribution in [3.05, 3.63) is 27.2 Å². The van der Waals surface area contributed by atoms with Crippen molar-refractivity contribution in [1.29, 1.82) is 0 Å². The Bertz CT molecular complexity index is 444. The second-order valence-corrected chi connectivity index (χ2v) is 4.75. The SMILES string of the molecule is COc1c(Br)cc(Cl)cc1C(N)C(F)(F)C(F)F. The van der Waals surface area contributed by atoms with Crippen LogP contribution in [0, 0.1) is 0 Å². The topological polar surface area (TPSA) is 35.2 Å². The molecule has 2 nitrogen and oxygen atoms in total. The molecule has 0 heterocycles. The van der Waals surface area contributed by atoms with E-state index in [9.17, 15) is 17.6 Å². The number of rotatable bonds is 4. The first-order valence-electron chi connectivity index (χ1n) is 4.66. The zero-order valence-corrected chi connectivity index (χ0v) is 11.4. The fourth-order valence-corrected chi connectivity index (χ4v) is 2.37. The summed E-state index contributed by atoms with van der Waals surface area (Å²) in [4.78, 5) is 0. The molecule has 0 amide bonds. The van der Waals surface area contributed by atoms with E-state index >= 15 is 0 Å². The van der Waals surface area contributed by atoms with Crippen LogP contribution in [0.5, 0.6) is 5.75 Å². The van der Waals surface area contributed by atoms with Crippen LogP contribution in [0.1, 0.15) is 11.6 Å². The van der Waals surface area contributed by atoms with Gasteiger partial charge in [-0.3, -0.25) is 0 Å². The van der Waals surface area contributed by atoms with Crippen LogP contribution in [0.3, 0.4) is 0 Å². The van der Waals surface area contributed by atoms with Crippen LogP contribution in [0.25, 0.3) is 0 Å². The van der Waals surface area contributed by atoms with Crippen molar-refractivity contribution >= 4 is 27.5 Å². The molecule has 1 unspecified atom stereocenters. The lowest BCUT2D eigenvalue weighted by atomic mass is 10.0. The van der Waals surface area contributed by atoms with Gasteiger partial charge in [0.15, 0.2) is 0 Å². The molecule has 1 aromatic rings. The Balaban J connectivity index is 3.32. The van der Waals surface area contributed by atoms with Crippen molar-refractivity contribution in [3.8, 4) is 5.75 Å². The molecule has 0 saturated carbocycles. The Morgan fingerprint density at radius 1 is 1.39 bits per heavy atom. The summed E-state index contributed by atoms with van der Waals surface area (Å²) in [6, 6.07) is 0.242. The van der Waals surface area contributed by atoms with Gasteiger partial charge in [0, 0.05) is 10.6 Å². The van der Waals surface area contributed by atoms with Crippen molar-refractivity contribution in [2.24, 2.45) is 5.73 Å². The van der Waals surface area contributed by atoms with Crippen molar-refractivity contribution in [3.63, 3.8) is 0 Å². The Morgan fingerprint density at radius 3 is 2.39 bits per heavy atom. The molecule has 18 heavy (non-hydrogen) atoms. The van der Waals surface area contributed by atoms with E-state index in [-0.39, 0.29) is 20.8 Å². The average molecular weight is 351 g/mol. The lowest BCUT2D eigenvalue weighted by molar-refractivity contribution is -0.144. The first-order chi connectivity index (χ1) is 8.21. The fraction of sp³-hybridized carbons (Fsp3) is 0.400. The van der Waals surface area contributed by atoms with Gasteiger partial charge in [0.25, 0.3) is 0 Å². The van der Waals surface area contributed by atoms with Gasteiger partial charge in [-0.1, -0.05) is 11.6 Å². The summed E-state index contributed by atoms with van der Waals surface area (Å²) in [6.07, 6.45) is -3.88. The third-order valence-electron chi connectivity index (χ3n) is 2.28. The third-order valence-corrected chi connectivity index (χ3v) is 3.09. The van der Waals surface area contributed by atoms with Crippen molar-refractivity contribution in [1.82, 2.24) is 0 Å². The lowest BCUT2D eigenvalue weighted by Gasteiger charge is -2.25. The average Bonchev–Trinajstić information content (AvgIpc) is 2.26. The minimum atomic E-state index is -4.38. The number of benzene rings is 1. The summed E-state index contributed by atoms with van der Waals surface area (Å²) in [5.74, 6) is -4.43. The molecule has 0 aliphatic heterocycles. The van der Waals surface area contributed by atoms with Crippen LogP contribution in [-0.2, 0) is 0 Å². The van der Waals surface area contributed by atoms with Gasteiger partial charge in [0.05, 0.1) is 11.6 Å². The van der Waals surface area contributed by atoms with E-state index in [1.54, 1.807) is 0 Å². The van der Waals surface area contributed by atoms with E-state index in [2.05, 4.69) is 15.9 Å². The van der Waals surface area contributed by atoms with Gasteiger partial charge in [-0.2, -0.15) is 8.78 Å². The Kier molecular flexibility index (Phi) is 4.85. The summed E-state index contributed by atoms with van der Waals surface area (Å²) >= 11 is 8.71. The molecule has 0 aliphatic rings. The number of nitrogens with two attached hydrogens (primary N) is 1. The van der Waals surface area contributed by atoms with Gasteiger partial charge >= 0.3 is 12.3 Å². The Hall–Kier alpha value is -0.530. The maximum Gasteiger partial charge on any atom is 0.326 e. The number of ether oxygens (including phenoxy) is 1. The van der Waals surface area contributed by atoms with Crippen LogP contribution < -0.4 is 10.5 Å². The molecular weight excluding hydrogens is 341 g/mol. The Labute approximate surface area is 114 Å². The standard InChI is InChI=1S/C10H9BrClF4NO/c1-18-7-5(2-4(12)3-6(7)11)8(17)10(15,16)9(13)14/h2-3,8-9H,17H2,1H3. The van der Waals surface area contributed by atoms with Gasteiger partial charge in [0.2, 0.25) is 0 Å². The molecule has 102 valence electrons. The molecule has 0 fully saturated rings. The highest BCUT2D eigenvalue weighted by Crippen LogP contribution is 2.42. The van der Waals surface area contributed by atoms with E-state index < -0.39 is 18.4 Å². The Morgan fingerprint density at radius 2 is 1.94 bits per heavy atom. The highest BCUT2D eigenvalue weighted by atomic mass is 79.9. The minimum absolute atomic E-state index is 0.0489. The van der Waals surface area contributed by atoms with Gasteiger partial charge in [0.1, 0.15) is 11.8 Å².